The Morgan fingerprint density at radius 3 is 2.40 bits per heavy atom. The number of amides is 2. The first-order valence-electron chi connectivity index (χ1n) is 11.9. The minimum absolute atomic E-state index is 0.0993. The molecule has 2 rings (SSSR count). The van der Waals surface area contributed by atoms with E-state index in [1.807, 2.05) is 45.0 Å². The second kappa shape index (κ2) is 13.1. The van der Waals surface area contributed by atoms with Gasteiger partial charge < -0.3 is 15.0 Å². The summed E-state index contributed by atoms with van der Waals surface area (Å²) >= 11 is 0. The van der Waals surface area contributed by atoms with E-state index in [0.29, 0.717) is 37.4 Å². The van der Waals surface area contributed by atoms with Crippen LogP contribution in [0.4, 0.5) is 5.69 Å². The highest BCUT2D eigenvalue weighted by Crippen LogP contribution is 2.30. The van der Waals surface area contributed by atoms with E-state index in [2.05, 4.69) is 5.32 Å². The van der Waals surface area contributed by atoms with Crippen LogP contribution in [0.3, 0.4) is 0 Å². The van der Waals surface area contributed by atoms with Crippen LogP contribution in [0.15, 0.2) is 48.5 Å². The molecular weight excluding hydrogens is 466 g/mol. The molecule has 9 heteroatoms. The highest BCUT2D eigenvalue weighted by Gasteiger charge is 2.28. The lowest BCUT2D eigenvalue weighted by molar-refractivity contribution is -0.141. The number of anilines is 1. The number of hydrogen-bond donors (Lipinski definition) is 1. The molecule has 2 aromatic carbocycles. The van der Waals surface area contributed by atoms with Gasteiger partial charge in [0.15, 0.2) is 0 Å². The molecule has 2 amide bonds. The number of rotatable bonds is 13. The lowest BCUT2D eigenvalue weighted by atomic mass is 10.1. The Labute approximate surface area is 209 Å². The third kappa shape index (κ3) is 7.99. The Hall–Kier alpha value is -3.07. The van der Waals surface area contributed by atoms with Crippen molar-refractivity contribution in [1.82, 2.24) is 10.2 Å². The van der Waals surface area contributed by atoms with Crippen LogP contribution >= 0.6 is 0 Å². The lowest BCUT2D eigenvalue weighted by Gasteiger charge is -2.31. The zero-order valence-electron chi connectivity index (χ0n) is 21.3. The molecule has 0 spiro atoms. The molecule has 2 aromatic rings. The molecule has 0 unspecified atom stereocenters. The Morgan fingerprint density at radius 2 is 1.80 bits per heavy atom. The maximum atomic E-state index is 13.3. The zero-order chi connectivity index (χ0) is 26.0. The maximum Gasteiger partial charge on any atom is 0.242 e. The van der Waals surface area contributed by atoms with Crippen LogP contribution in [0.2, 0.25) is 0 Å². The molecule has 0 fully saturated rings. The van der Waals surface area contributed by atoms with Crippen LogP contribution in [-0.4, -0.2) is 57.6 Å². The van der Waals surface area contributed by atoms with Crippen LogP contribution in [0, 0.1) is 6.92 Å². The highest BCUT2D eigenvalue weighted by atomic mass is 32.2. The summed E-state index contributed by atoms with van der Waals surface area (Å²) < 4.78 is 32.0. The molecule has 0 saturated heterocycles. The number of nitrogens with one attached hydrogen (secondary N) is 1. The number of aryl methyl sites for hydroxylation is 1. The zero-order valence-corrected chi connectivity index (χ0v) is 22.1. The summed E-state index contributed by atoms with van der Waals surface area (Å²) in [7, 11) is -2.05. The van der Waals surface area contributed by atoms with Gasteiger partial charge in [0.2, 0.25) is 21.8 Å². The van der Waals surface area contributed by atoms with Crippen LogP contribution in [-0.2, 0) is 26.2 Å². The fourth-order valence-corrected chi connectivity index (χ4v) is 4.99. The number of nitrogens with zero attached hydrogens (tertiary/aromatic N) is 2. The van der Waals surface area contributed by atoms with Crippen molar-refractivity contribution in [1.29, 1.82) is 0 Å². The van der Waals surface area contributed by atoms with Gasteiger partial charge in [0.1, 0.15) is 11.8 Å². The van der Waals surface area contributed by atoms with E-state index in [1.165, 1.54) is 4.31 Å². The first kappa shape index (κ1) is 28.2. The Balaban J connectivity index is 2.22. The fourth-order valence-electron chi connectivity index (χ4n) is 4.02. The summed E-state index contributed by atoms with van der Waals surface area (Å²) in [4.78, 5) is 27.5. The van der Waals surface area contributed by atoms with E-state index in [9.17, 15) is 18.0 Å². The second-order valence-corrected chi connectivity index (χ2v) is 10.3. The summed E-state index contributed by atoms with van der Waals surface area (Å²) in [5.74, 6) is 0.0453. The number of hydrogen-bond acceptors (Lipinski definition) is 5. The largest absolute Gasteiger partial charge is 0.492 e. The van der Waals surface area contributed by atoms with Gasteiger partial charge in [-0.2, -0.15) is 0 Å². The van der Waals surface area contributed by atoms with Crippen molar-refractivity contribution in [2.75, 3.05) is 30.8 Å². The predicted molar refractivity (Wildman–Crippen MR) is 139 cm³/mol. The summed E-state index contributed by atoms with van der Waals surface area (Å²) in [6.07, 6.45) is 2.00. The van der Waals surface area contributed by atoms with Crippen molar-refractivity contribution < 1.29 is 22.7 Å². The molecule has 8 nitrogen and oxygen atoms in total. The van der Waals surface area contributed by atoms with Gasteiger partial charge >= 0.3 is 0 Å². The molecule has 1 atom stereocenters. The molecule has 0 heterocycles. The first-order chi connectivity index (χ1) is 16.6. The van der Waals surface area contributed by atoms with E-state index in [4.69, 9.17) is 4.74 Å². The van der Waals surface area contributed by atoms with Gasteiger partial charge in [0.25, 0.3) is 0 Å². The van der Waals surface area contributed by atoms with E-state index in [0.717, 1.165) is 17.4 Å². The van der Waals surface area contributed by atoms with Crippen molar-refractivity contribution in [2.24, 2.45) is 0 Å². The van der Waals surface area contributed by atoms with Gasteiger partial charge in [-0.25, -0.2) is 8.42 Å². The number of likely N-dealkylation sites (N-methyl/N-ethyl adjacent to an activating group) is 1. The molecular formula is C26H37N3O5S. The smallest absolute Gasteiger partial charge is 0.242 e. The Bertz CT molecular complexity index is 1100. The minimum atomic E-state index is -3.60. The highest BCUT2D eigenvalue weighted by molar-refractivity contribution is 7.92. The Kier molecular flexibility index (Phi) is 10.6. The SMILES string of the molecule is CCOc1ccccc1N(CCCC(=O)N(Cc1cccc(C)c1)[C@@H](CC)C(=O)NC)S(C)(=O)=O. The number of benzene rings is 2. The average molecular weight is 504 g/mol. The maximum absolute atomic E-state index is 13.3. The molecule has 1 N–H and O–H groups in total. The van der Waals surface area contributed by atoms with Crippen LogP contribution in [0.1, 0.15) is 44.2 Å². The van der Waals surface area contributed by atoms with Crippen LogP contribution in [0.5, 0.6) is 5.75 Å². The molecule has 0 aliphatic rings. The topological polar surface area (TPSA) is 96.0 Å². The van der Waals surface area contributed by atoms with Crippen molar-refractivity contribution in [3.8, 4) is 5.75 Å². The third-order valence-electron chi connectivity index (χ3n) is 5.65. The number of sulfonamides is 1. The molecule has 0 aliphatic carbocycles. The predicted octanol–water partition coefficient (Wildman–Crippen LogP) is 3.49. The minimum Gasteiger partial charge on any atom is -0.492 e. The summed E-state index contributed by atoms with van der Waals surface area (Å²) in [5.41, 5.74) is 2.45. The number of para-hydroxylation sites is 2. The van der Waals surface area contributed by atoms with Gasteiger partial charge in [0, 0.05) is 26.6 Å². The van der Waals surface area contributed by atoms with Crippen molar-refractivity contribution in [3.05, 3.63) is 59.7 Å². The molecule has 0 radical (unpaired) electrons. The van der Waals surface area contributed by atoms with Crippen molar-refractivity contribution in [2.45, 2.75) is 52.6 Å². The van der Waals surface area contributed by atoms with Gasteiger partial charge in [-0.15, -0.1) is 0 Å². The third-order valence-corrected chi connectivity index (χ3v) is 6.83. The first-order valence-corrected chi connectivity index (χ1v) is 13.7. The van der Waals surface area contributed by atoms with E-state index in [-0.39, 0.29) is 24.8 Å². The van der Waals surface area contributed by atoms with E-state index < -0.39 is 16.1 Å². The van der Waals surface area contributed by atoms with Crippen molar-refractivity contribution >= 4 is 27.5 Å². The van der Waals surface area contributed by atoms with E-state index in [1.54, 1.807) is 36.2 Å². The Morgan fingerprint density at radius 1 is 1.09 bits per heavy atom. The average Bonchev–Trinajstić information content (AvgIpc) is 2.81. The van der Waals surface area contributed by atoms with Gasteiger partial charge in [-0.1, -0.05) is 48.9 Å². The second-order valence-electron chi connectivity index (χ2n) is 8.39. The number of ether oxygens (including phenoxy) is 1. The standard InChI is InChI=1S/C26H37N3O5S/c1-6-22(26(31)27-4)28(19-21-13-10-12-20(3)18-21)25(30)16-11-17-29(35(5,32)33)23-14-8-9-15-24(23)34-7-2/h8-10,12-15,18,22H,6-7,11,16-17,19H2,1-5H3,(H,27,31)/t22-/m0/s1. The van der Waals surface area contributed by atoms with E-state index >= 15 is 0 Å². The van der Waals surface area contributed by atoms with Gasteiger partial charge in [0.05, 0.1) is 18.6 Å². The quantitative estimate of drug-likeness (QED) is 0.451. The molecule has 0 saturated carbocycles. The van der Waals surface area contributed by atoms with Crippen molar-refractivity contribution in [3.63, 3.8) is 0 Å². The number of carbonyl (C=O) groups excluding carboxylic acids is 2. The molecule has 192 valence electrons. The summed E-state index contributed by atoms with van der Waals surface area (Å²) in [5, 5.41) is 2.65. The summed E-state index contributed by atoms with van der Waals surface area (Å²) in [6, 6.07) is 14.2. The lowest BCUT2D eigenvalue weighted by Crippen LogP contribution is -2.48. The fraction of sp³-hybridized carbons (Fsp3) is 0.462. The van der Waals surface area contributed by atoms with Gasteiger partial charge in [-0.3, -0.25) is 13.9 Å². The normalized spacial score (nSPS) is 12.0. The van der Waals surface area contributed by atoms with Crippen LogP contribution < -0.4 is 14.4 Å². The molecule has 35 heavy (non-hydrogen) atoms. The number of carbonyl (C=O) groups is 2. The monoisotopic (exact) mass is 503 g/mol. The summed E-state index contributed by atoms with van der Waals surface area (Å²) in [6.45, 7) is 6.50. The molecule has 0 bridgehead atoms. The van der Waals surface area contributed by atoms with Crippen LogP contribution in [0.25, 0.3) is 0 Å². The van der Waals surface area contributed by atoms with Gasteiger partial charge in [-0.05, 0) is 44.4 Å². The molecule has 0 aromatic heterocycles. The molecule has 0 aliphatic heterocycles.